The van der Waals surface area contributed by atoms with Crippen LogP contribution in [0.3, 0.4) is 0 Å². The van der Waals surface area contributed by atoms with E-state index in [1.807, 2.05) is 66.0 Å². The Morgan fingerprint density at radius 1 is 1.09 bits per heavy atom. The Morgan fingerprint density at radius 3 is 2.43 bits per heavy atom. The predicted octanol–water partition coefficient (Wildman–Crippen LogP) is 4.14. The van der Waals surface area contributed by atoms with Crippen molar-refractivity contribution in [3.8, 4) is 0 Å². The van der Waals surface area contributed by atoms with Gasteiger partial charge in [-0.1, -0.05) is 48.5 Å². The van der Waals surface area contributed by atoms with Crippen molar-refractivity contribution in [3.63, 3.8) is 0 Å². The van der Waals surface area contributed by atoms with Gasteiger partial charge in [-0.25, -0.2) is 4.98 Å². The molecule has 1 unspecified atom stereocenters. The monoisotopic (exact) mass is 340 g/mol. The highest BCUT2D eigenvalue weighted by atomic mass is 32.2. The third-order valence-electron chi connectivity index (χ3n) is 3.25. The molecule has 2 aromatic carbocycles. The minimum absolute atomic E-state index is 0.00269. The molecule has 1 N–H and O–H groups in total. The van der Waals surface area contributed by atoms with Crippen LogP contribution < -0.4 is 5.32 Å². The fourth-order valence-electron chi connectivity index (χ4n) is 2.18. The zero-order valence-corrected chi connectivity index (χ0v) is 14.0. The van der Waals surface area contributed by atoms with Gasteiger partial charge in [-0.2, -0.15) is 0 Å². The maximum Gasteiger partial charge on any atom is 0.231 e. The van der Waals surface area contributed by atoms with Gasteiger partial charge in [0.2, 0.25) is 5.91 Å². The first-order chi connectivity index (χ1) is 11.3. The quantitative estimate of drug-likeness (QED) is 0.686. The summed E-state index contributed by atoms with van der Waals surface area (Å²) in [5.41, 5.74) is 1.04. The van der Waals surface area contributed by atoms with Crippen molar-refractivity contribution in [2.24, 2.45) is 0 Å². The van der Waals surface area contributed by atoms with E-state index in [1.165, 1.54) is 11.8 Å². The van der Waals surface area contributed by atoms with Crippen LogP contribution in [-0.4, -0.2) is 16.6 Å². The molecular weight excluding hydrogens is 324 g/mol. The first kappa shape index (κ1) is 15.8. The fourth-order valence-corrected chi connectivity index (χ4v) is 3.62. The number of thioether (sulfide) groups is 1. The van der Waals surface area contributed by atoms with Gasteiger partial charge in [-0.15, -0.1) is 23.1 Å². The summed E-state index contributed by atoms with van der Waals surface area (Å²) in [5.74, 6) is 0.390. The average Bonchev–Trinajstić information content (AvgIpc) is 3.14. The molecule has 3 aromatic rings. The number of benzene rings is 2. The van der Waals surface area contributed by atoms with Crippen molar-refractivity contribution < 1.29 is 4.79 Å². The number of amides is 1. The molecule has 1 aromatic heterocycles. The molecule has 0 bridgehead atoms. The predicted molar refractivity (Wildman–Crippen MR) is 95.7 cm³/mol. The highest BCUT2D eigenvalue weighted by molar-refractivity contribution is 8.00. The second kappa shape index (κ2) is 7.94. The number of thiazole rings is 1. The number of carbonyl (C=O) groups excluding carboxylic acids is 1. The standard InChI is InChI=1S/C18H16N2OS2/c21-16(13-23-15-9-5-2-6-10-15)20-17(18-19-11-12-22-18)14-7-3-1-4-8-14/h1-12,17H,13H2,(H,20,21). The van der Waals surface area contributed by atoms with Crippen LogP contribution in [-0.2, 0) is 4.79 Å². The molecule has 0 aliphatic carbocycles. The van der Waals surface area contributed by atoms with Crippen LogP contribution in [0.15, 0.2) is 77.1 Å². The summed E-state index contributed by atoms with van der Waals surface area (Å²) in [5, 5.41) is 5.92. The number of nitrogens with one attached hydrogen (secondary N) is 1. The number of hydrogen-bond acceptors (Lipinski definition) is 4. The lowest BCUT2D eigenvalue weighted by Gasteiger charge is -2.17. The molecule has 0 spiro atoms. The molecule has 3 nitrogen and oxygen atoms in total. The number of carbonyl (C=O) groups is 1. The van der Waals surface area contributed by atoms with Gasteiger partial charge in [0, 0.05) is 16.5 Å². The van der Waals surface area contributed by atoms with Crippen LogP contribution >= 0.6 is 23.1 Å². The Bertz CT molecular complexity index is 730. The van der Waals surface area contributed by atoms with Crippen molar-refractivity contribution in [2.45, 2.75) is 10.9 Å². The number of nitrogens with zero attached hydrogens (tertiary/aromatic N) is 1. The first-order valence-electron chi connectivity index (χ1n) is 7.24. The zero-order chi connectivity index (χ0) is 15.9. The van der Waals surface area contributed by atoms with E-state index in [1.54, 1.807) is 17.5 Å². The van der Waals surface area contributed by atoms with Crippen molar-refractivity contribution in [1.82, 2.24) is 10.3 Å². The number of rotatable bonds is 6. The fraction of sp³-hybridized carbons (Fsp3) is 0.111. The highest BCUT2D eigenvalue weighted by Gasteiger charge is 2.18. The highest BCUT2D eigenvalue weighted by Crippen LogP contribution is 2.24. The first-order valence-corrected chi connectivity index (χ1v) is 9.11. The van der Waals surface area contributed by atoms with Crippen molar-refractivity contribution in [2.75, 3.05) is 5.75 Å². The Morgan fingerprint density at radius 2 is 1.78 bits per heavy atom. The molecule has 116 valence electrons. The molecule has 23 heavy (non-hydrogen) atoms. The Balaban J connectivity index is 1.68. The number of aromatic nitrogens is 1. The molecule has 0 saturated carbocycles. The molecule has 0 radical (unpaired) electrons. The molecule has 0 saturated heterocycles. The van der Waals surface area contributed by atoms with Gasteiger partial charge in [0.15, 0.2) is 0 Å². The lowest BCUT2D eigenvalue weighted by atomic mass is 10.1. The molecule has 0 aliphatic rings. The van der Waals surface area contributed by atoms with Gasteiger partial charge >= 0.3 is 0 Å². The van der Waals surface area contributed by atoms with E-state index in [9.17, 15) is 4.79 Å². The van der Waals surface area contributed by atoms with E-state index >= 15 is 0 Å². The lowest BCUT2D eigenvalue weighted by molar-refractivity contribution is -0.119. The van der Waals surface area contributed by atoms with E-state index < -0.39 is 0 Å². The largest absolute Gasteiger partial charge is 0.342 e. The second-order valence-corrected chi connectivity index (χ2v) is 6.86. The average molecular weight is 340 g/mol. The summed E-state index contributed by atoms with van der Waals surface area (Å²) < 4.78 is 0. The summed E-state index contributed by atoms with van der Waals surface area (Å²) in [7, 11) is 0. The number of hydrogen-bond donors (Lipinski definition) is 1. The molecule has 5 heteroatoms. The van der Waals surface area contributed by atoms with E-state index in [2.05, 4.69) is 10.3 Å². The van der Waals surface area contributed by atoms with E-state index in [4.69, 9.17) is 0 Å². The molecule has 1 atom stereocenters. The van der Waals surface area contributed by atoms with Gasteiger partial charge in [0.05, 0.1) is 5.75 Å². The summed E-state index contributed by atoms with van der Waals surface area (Å²) in [6.45, 7) is 0. The minimum Gasteiger partial charge on any atom is -0.342 e. The third kappa shape index (κ3) is 4.43. The van der Waals surface area contributed by atoms with Crippen LogP contribution in [0.25, 0.3) is 0 Å². The molecule has 3 rings (SSSR count). The molecule has 0 aliphatic heterocycles. The van der Waals surface area contributed by atoms with Crippen LogP contribution in [0.5, 0.6) is 0 Å². The van der Waals surface area contributed by atoms with Crippen molar-refractivity contribution in [3.05, 3.63) is 82.8 Å². The van der Waals surface area contributed by atoms with E-state index in [0.29, 0.717) is 5.75 Å². The van der Waals surface area contributed by atoms with Crippen molar-refractivity contribution >= 4 is 29.0 Å². The topological polar surface area (TPSA) is 42.0 Å². The summed E-state index contributed by atoms with van der Waals surface area (Å²) >= 11 is 3.08. The van der Waals surface area contributed by atoms with Crippen LogP contribution in [0.2, 0.25) is 0 Å². The molecule has 0 fully saturated rings. The van der Waals surface area contributed by atoms with E-state index in [-0.39, 0.29) is 11.9 Å². The maximum atomic E-state index is 12.3. The van der Waals surface area contributed by atoms with Gasteiger partial charge in [-0.05, 0) is 17.7 Å². The smallest absolute Gasteiger partial charge is 0.231 e. The van der Waals surface area contributed by atoms with Gasteiger partial charge in [0.1, 0.15) is 11.0 Å². The third-order valence-corrected chi connectivity index (χ3v) is 5.10. The summed E-state index contributed by atoms with van der Waals surface area (Å²) in [6, 6.07) is 19.7. The summed E-state index contributed by atoms with van der Waals surface area (Å²) in [6.07, 6.45) is 1.76. The SMILES string of the molecule is O=C(CSc1ccccc1)NC(c1ccccc1)c1nccs1. The maximum absolute atomic E-state index is 12.3. The van der Waals surface area contributed by atoms with Crippen LogP contribution in [0, 0.1) is 0 Å². The van der Waals surface area contributed by atoms with E-state index in [0.717, 1.165) is 15.5 Å². The van der Waals surface area contributed by atoms with Crippen molar-refractivity contribution in [1.29, 1.82) is 0 Å². The van der Waals surface area contributed by atoms with Crippen LogP contribution in [0.4, 0.5) is 0 Å². The molecule has 1 heterocycles. The minimum atomic E-state index is -0.194. The van der Waals surface area contributed by atoms with Gasteiger partial charge in [-0.3, -0.25) is 4.79 Å². The lowest BCUT2D eigenvalue weighted by Crippen LogP contribution is -2.30. The Hall–Kier alpha value is -2.11. The van der Waals surface area contributed by atoms with Gasteiger partial charge in [0.25, 0.3) is 0 Å². The zero-order valence-electron chi connectivity index (χ0n) is 12.4. The van der Waals surface area contributed by atoms with Gasteiger partial charge < -0.3 is 5.32 Å². The summed E-state index contributed by atoms with van der Waals surface area (Å²) in [4.78, 5) is 17.8. The normalized spacial score (nSPS) is 11.8. The molecular formula is C18H16N2OS2. The Kier molecular flexibility index (Phi) is 5.45. The second-order valence-electron chi connectivity index (χ2n) is 4.88. The Labute approximate surface area is 143 Å². The molecule has 1 amide bonds. The van der Waals surface area contributed by atoms with Crippen LogP contribution in [0.1, 0.15) is 16.6 Å².